The minimum absolute atomic E-state index is 0.0418. The molecule has 0 radical (unpaired) electrons. The fourth-order valence-electron chi connectivity index (χ4n) is 3.63. The molecule has 4 rings (SSSR count). The summed E-state index contributed by atoms with van der Waals surface area (Å²) in [6.07, 6.45) is 6.47. The van der Waals surface area contributed by atoms with Crippen LogP contribution in [0.2, 0.25) is 0 Å². The van der Waals surface area contributed by atoms with Crippen LogP contribution >= 0.6 is 0 Å². The van der Waals surface area contributed by atoms with E-state index in [4.69, 9.17) is 4.98 Å². The molecule has 0 saturated carbocycles. The van der Waals surface area contributed by atoms with Gasteiger partial charge in [-0.2, -0.15) is 0 Å². The smallest absolute Gasteiger partial charge is 0.128 e. The van der Waals surface area contributed by atoms with Crippen molar-refractivity contribution in [1.82, 2.24) is 19.9 Å². The molecule has 1 atom stereocenters. The molecule has 1 unspecified atom stereocenters. The molecule has 0 spiro atoms. The second kappa shape index (κ2) is 7.80. The average molecular weight is 358 g/mol. The van der Waals surface area contributed by atoms with Gasteiger partial charge in [-0.3, -0.25) is 0 Å². The molecule has 4 nitrogen and oxygen atoms in total. The first-order valence-corrected chi connectivity index (χ1v) is 9.65. The van der Waals surface area contributed by atoms with E-state index in [2.05, 4.69) is 83.6 Å². The molecule has 0 aliphatic heterocycles. The molecule has 2 aromatic carbocycles. The van der Waals surface area contributed by atoms with Crippen LogP contribution in [0.25, 0.3) is 22.2 Å². The first-order valence-electron chi connectivity index (χ1n) is 9.65. The molecule has 27 heavy (non-hydrogen) atoms. The van der Waals surface area contributed by atoms with Gasteiger partial charge < -0.3 is 14.9 Å². The zero-order valence-corrected chi connectivity index (χ0v) is 15.9. The number of aromatic amines is 1. The van der Waals surface area contributed by atoms with Gasteiger partial charge in [-0.05, 0) is 24.6 Å². The van der Waals surface area contributed by atoms with Crippen molar-refractivity contribution < 1.29 is 0 Å². The number of nitrogens with zero attached hydrogens (tertiary/aromatic N) is 2. The van der Waals surface area contributed by atoms with Gasteiger partial charge in [0.1, 0.15) is 5.82 Å². The first kappa shape index (κ1) is 17.6. The van der Waals surface area contributed by atoms with Crippen LogP contribution in [0.4, 0.5) is 0 Å². The Morgan fingerprint density at radius 1 is 1.07 bits per heavy atom. The van der Waals surface area contributed by atoms with E-state index >= 15 is 0 Å². The fourth-order valence-corrected chi connectivity index (χ4v) is 3.63. The number of unbranched alkanes of at least 4 members (excludes halogenated alkanes) is 1. The van der Waals surface area contributed by atoms with Gasteiger partial charge in [-0.25, -0.2) is 4.98 Å². The summed E-state index contributed by atoms with van der Waals surface area (Å²) in [5, 5.41) is 4.99. The molecule has 0 aliphatic rings. The third-order valence-corrected chi connectivity index (χ3v) is 5.07. The summed E-state index contributed by atoms with van der Waals surface area (Å²) in [7, 11) is 2.10. The Hall–Kier alpha value is -2.85. The van der Waals surface area contributed by atoms with Crippen molar-refractivity contribution in [3.8, 4) is 11.3 Å². The highest BCUT2D eigenvalue weighted by Gasteiger charge is 2.21. The van der Waals surface area contributed by atoms with Crippen LogP contribution in [0.1, 0.15) is 37.2 Å². The molecule has 0 aliphatic carbocycles. The maximum Gasteiger partial charge on any atom is 0.128 e. The largest absolute Gasteiger partial charge is 0.350 e. The third-order valence-electron chi connectivity index (χ3n) is 5.07. The van der Waals surface area contributed by atoms with Crippen molar-refractivity contribution in [3.05, 3.63) is 78.4 Å². The van der Waals surface area contributed by atoms with Crippen LogP contribution in [0.15, 0.2) is 67.0 Å². The highest BCUT2D eigenvalue weighted by Crippen LogP contribution is 2.30. The number of fused-ring (bicyclic) bond motifs is 1. The number of aryl methyl sites for hydroxylation is 1. The number of para-hydroxylation sites is 1. The number of nitrogens with one attached hydrogen (secondary N) is 2. The molecule has 2 heterocycles. The third kappa shape index (κ3) is 3.53. The summed E-state index contributed by atoms with van der Waals surface area (Å²) in [5.41, 5.74) is 4.71. The van der Waals surface area contributed by atoms with Crippen molar-refractivity contribution in [2.45, 2.75) is 25.8 Å². The van der Waals surface area contributed by atoms with Gasteiger partial charge in [0.05, 0.1) is 17.9 Å². The van der Waals surface area contributed by atoms with Gasteiger partial charge in [-0.1, -0.05) is 61.9 Å². The lowest BCUT2D eigenvalue weighted by Gasteiger charge is -2.16. The van der Waals surface area contributed by atoms with Crippen LogP contribution in [-0.4, -0.2) is 21.1 Å². The SMILES string of the molecule is CCCCNC(c1ncc(-c2ccccc2)[nH]1)c1cn(C)c2ccccc12. The lowest BCUT2D eigenvalue weighted by Crippen LogP contribution is -2.24. The van der Waals surface area contributed by atoms with E-state index in [1.54, 1.807) is 0 Å². The maximum atomic E-state index is 4.74. The van der Waals surface area contributed by atoms with E-state index in [0.29, 0.717) is 0 Å². The summed E-state index contributed by atoms with van der Waals surface area (Å²) in [6, 6.07) is 18.9. The van der Waals surface area contributed by atoms with Crippen molar-refractivity contribution in [2.75, 3.05) is 6.54 Å². The summed E-state index contributed by atoms with van der Waals surface area (Å²) < 4.78 is 2.19. The summed E-state index contributed by atoms with van der Waals surface area (Å²) in [6.45, 7) is 3.18. The van der Waals surface area contributed by atoms with Crippen LogP contribution in [-0.2, 0) is 7.05 Å². The Morgan fingerprint density at radius 2 is 1.85 bits per heavy atom. The lowest BCUT2D eigenvalue weighted by atomic mass is 10.0. The van der Waals surface area contributed by atoms with E-state index in [1.807, 2.05) is 12.3 Å². The molecule has 138 valence electrons. The summed E-state index contributed by atoms with van der Waals surface area (Å²) in [5.74, 6) is 0.960. The number of hydrogen-bond acceptors (Lipinski definition) is 2. The van der Waals surface area contributed by atoms with Gasteiger partial charge in [0.15, 0.2) is 0 Å². The maximum absolute atomic E-state index is 4.74. The van der Waals surface area contributed by atoms with Crippen molar-refractivity contribution in [2.24, 2.45) is 7.05 Å². The van der Waals surface area contributed by atoms with Gasteiger partial charge >= 0.3 is 0 Å². The van der Waals surface area contributed by atoms with Gasteiger partial charge in [0.25, 0.3) is 0 Å². The molecule has 4 heteroatoms. The van der Waals surface area contributed by atoms with Crippen molar-refractivity contribution in [1.29, 1.82) is 0 Å². The zero-order valence-electron chi connectivity index (χ0n) is 15.9. The number of hydrogen-bond donors (Lipinski definition) is 2. The van der Waals surface area contributed by atoms with Crippen LogP contribution in [0.3, 0.4) is 0 Å². The number of benzene rings is 2. The summed E-state index contributed by atoms with van der Waals surface area (Å²) in [4.78, 5) is 8.28. The van der Waals surface area contributed by atoms with E-state index in [9.17, 15) is 0 Å². The Balaban J connectivity index is 1.74. The fraction of sp³-hybridized carbons (Fsp3) is 0.261. The standard InChI is InChI=1S/C23H26N4/c1-3-4-14-24-22(19-16-27(2)21-13-9-8-12-18(19)21)23-25-15-20(26-23)17-10-6-5-7-11-17/h5-13,15-16,22,24H,3-4,14H2,1-2H3,(H,25,26). The predicted octanol–water partition coefficient (Wildman–Crippen LogP) is 5.05. The normalized spacial score (nSPS) is 12.5. The van der Waals surface area contributed by atoms with Crippen LogP contribution in [0.5, 0.6) is 0 Å². The topological polar surface area (TPSA) is 45.6 Å². The number of imidazole rings is 1. The van der Waals surface area contributed by atoms with E-state index in [1.165, 1.54) is 22.9 Å². The summed E-state index contributed by atoms with van der Waals surface area (Å²) >= 11 is 0. The average Bonchev–Trinajstić information content (AvgIpc) is 3.32. The van der Waals surface area contributed by atoms with E-state index in [0.717, 1.165) is 30.0 Å². The highest BCUT2D eigenvalue weighted by atomic mass is 15.0. The minimum Gasteiger partial charge on any atom is -0.350 e. The second-order valence-electron chi connectivity index (χ2n) is 7.00. The zero-order chi connectivity index (χ0) is 18.6. The van der Waals surface area contributed by atoms with Gasteiger partial charge in [-0.15, -0.1) is 0 Å². The van der Waals surface area contributed by atoms with Crippen LogP contribution in [0, 0.1) is 0 Å². The molecular weight excluding hydrogens is 332 g/mol. The van der Waals surface area contributed by atoms with Gasteiger partial charge in [0, 0.05) is 29.7 Å². The van der Waals surface area contributed by atoms with Crippen molar-refractivity contribution in [3.63, 3.8) is 0 Å². The molecule has 2 aromatic heterocycles. The molecule has 0 bridgehead atoms. The predicted molar refractivity (Wildman–Crippen MR) is 112 cm³/mol. The quantitative estimate of drug-likeness (QED) is 0.454. The molecule has 0 saturated heterocycles. The van der Waals surface area contributed by atoms with Crippen LogP contribution < -0.4 is 5.32 Å². The Morgan fingerprint density at radius 3 is 2.67 bits per heavy atom. The van der Waals surface area contributed by atoms with Gasteiger partial charge in [0.2, 0.25) is 0 Å². The highest BCUT2D eigenvalue weighted by molar-refractivity contribution is 5.84. The Kier molecular flexibility index (Phi) is 5.07. The monoisotopic (exact) mass is 358 g/mol. The molecule has 0 amide bonds. The number of rotatable bonds is 7. The molecule has 4 aromatic rings. The molecule has 2 N–H and O–H groups in total. The number of H-pyrrole nitrogens is 1. The van der Waals surface area contributed by atoms with Crippen molar-refractivity contribution >= 4 is 10.9 Å². The number of aromatic nitrogens is 3. The Labute approximate surface area is 160 Å². The lowest BCUT2D eigenvalue weighted by molar-refractivity contribution is 0.562. The van der Waals surface area contributed by atoms with E-state index in [-0.39, 0.29) is 6.04 Å². The van der Waals surface area contributed by atoms with E-state index < -0.39 is 0 Å². The second-order valence-corrected chi connectivity index (χ2v) is 7.00. The Bertz CT molecular complexity index is 1010. The molecule has 0 fully saturated rings. The minimum atomic E-state index is 0.0418. The molecular formula is C23H26N4. The first-order chi connectivity index (χ1) is 13.3.